The van der Waals surface area contributed by atoms with Crippen molar-refractivity contribution in [2.75, 3.05) is 22.5 Å². The minimum Gasteiger partial charge on any atom is -0.312 e. The number of rotatable bonds is 5. The molecule has 0 aliphatic carbocycles. The second-order valence-corrected chi connectivity index (χ2v) is 7.39. The molecule has 1 atom stereocenters. The summed E-state index contributed by atoms with van der Waals surface area (Å²) in [4.78, 5) is 26.0. The molecule has 2 amide bonds. The van der Waals surface area contributed by atoms with E-state index in [1.807, 2.05) is 6.07 Å². The fraction of sp³-hybridized carbons (Fsp3) is 0.267. The summed E-state index contributed by atoms with van der Waals surface area (Å²) >= 11 is 2.42. The van der Waals surface area contributed by atoms with E-state index in [0.717, 1.165) is 0 Å². The van der Waals surface area contributed by atoms with Crippen LogP contribution in [0.3, 0.4) is 0 Å². The molecule has 0 unspecified atom stereocenters. The van der Waals surface area contributed by atoms with Gasteiger partial charge in [0.1, 0.15) is 5.82 Å². The number of carbonyl (C=O) groups is 2. The summed E-state index contributed by atoms with van der Waals surface area (Å²) in [5.41, 5.74) is 0.563. The molecule has 25 heavy (non-hydrogen) atoms. The first kappa shape index (κ1) is 17.3. The first-order chi connectivity index (χ1) is 12.1. The third kappa shape index (κ3) is 4.12. The summed E-state index contributed by atoms with van der Waals surface area (Å²) in [5, 5.41) is 19.2. The predicted molar refractivity (Wildman–Crippen MR) is 91.7 cm³/mol. The summed E-state index contributed by atoms with van der Waals surface area (Å²) in [6.45, 7) is 0.227. The van der Waals surface area contributed by atoms with E-state index in [2.05, 4.69) is 15.5 Å². The van der Waals surface area contributed by atoms with E-state index in [-0.39, 0.29) is 36.4 Å². The van der Waals surface area contributed by atoms with Crippen LogP contribution in [0.1, 0.15) is 6.42 Å². The minimum absolute atomic E-state index is 0.0814. The first-order valence-corrected chi connectivity index (χ1v) is 9.07. The predicted octanol–water partition coefficient (Wildman–Crippen LogP) is 2.28. The maximum absolute atomic E-state index is 13.0. The van der Waals surface area contributed by atoms with Gasteiger partial charge in [-0.15, -0.1) is 10.2 Å². The van der Waals surface area contributed by atoms with Crippen molar-refractivity contribution in [1.29, 1.82) is 5.26 Å². The van der Waals surface area contributed by atoms with Crippen LogP contribution in [-0.4, -0.2) is 34.3 Å². The van der Waals surface area contributed by atoms with Gasteiger partial charge < -0.3 is 10.2 Å². The van der Waals surface area contributed by atoms with Crippen molar-refractivity contribution in [2.24, 2.45) is 5.92 Å². The van der Waals surface area contributed by atoms with Gasteiger partial charge >= 0.3 is 0 Å². The second kappa shape index (κ2) is 7.58. The van der Waals surface area contributed by atoms with Crippen LogP contribution in [0.2, 0.25) is 0 Å². The van der Waals surface area contributed by atoms with Gasteiger partial charge in [0.05, 0.1) is 17.7 Å². The van der Waals surface area contributed by atoms with E-state index < -0.39 is 5.92 Å². The lowest BCUT2D eigenvalue weighted by Gasteiger charge is -2.16. The van der Waals surface area contributed by atoms with Crippen LogP contribution in [0.5, 0.6) is 0 Å². The Morgan fingerprint density at radius 3 is 2.92 bits per heavy atom. The second-order valence-electron chi connectivity index (χ2n) is 5.19. The number of nitriles is 1. The number of benzene rings is 1. The summed E-state index contributed by atoms with van der Waals surface area (Å²) in [5.74, 6) is -1.14. The Morgan fingerprint density at radius 2 is 2.20 bits per heavy atom. The maximum atomic E-state index is 13.0. The average molecular weight is 377 g/mol. The molecule has 0 saturated carbocycles. The third-order valence-electron chi connectivity index (χ3n) is 3.53. The van der Waals surface area contributed by atoms with Gasteiger partial charge in [-0.2, -0.15) is 5.26 Å². The SMILES string of the molecule is N#CCSc1nnc(NC(=O)[C@H]2CC(=O)N(c3ccc(F)cc3)C2)s1. The van der Waals surface area contributed by atoms with Gasteiger partial charge in [-0.25, -0.2) is 4.39 Å². The summed E-state index contributed by atoms with van der Waals surface area (Å²) < 4.78 is 13.6. The van der Waals surface area contributed by atoms with Crippen molar-refractivity contribution in [3.8, 4) is 6.07 Å². The average Bonchev–Trinajstić information content (AvgIpc) is 3.20. The molecule has 0 spiro atoms. The number of carbonyl (C=O) groups excluding carboxylic acids is 2. The number of nitrogens with one attached hydrogen (secondary N) is 1. The molecule has 10 heteroatoms. The Kier molecular flexibility index (Phi) is 5.25. The summed E-state index contributed by atoms with van der Waals surface area (Å²) in [7, 11) is 0. The third-order valence-corrected chi connectivity index (χ3v) is 5.37. The lowest BCUT2D eigenvalue weighted by molar-refractivity contribution is -0.122. The van der Waals surface area contributed by atoms with E-state index in [0.29, 0.717) is 15.2 Å². The standard InChI is InChI=1S/C15H12FN5O2S2/c16-10-1-3-11(4-2-10)21-8-9(7-12(21)22)13(23)18-14-19-20-15(25-14)24-6-5-17/h1-4,9H,6-8H2,(H,18,19,23)/t9-/m0/s1. The Hall–Kier alpha value is -2.51. The quantitative estimate of drug-likeness (QED) is 0.634. The Balaban J connectivity index is 1.62. The highest BCUT2D eigenvalue weighted by molar-refractivity contribution is 8.01. The molecule has 1 aromatic heterocycles. The maximum Gasteiger partial charge on any atom is 0.231 e. The molecule has 0 bridgehead atoms. The molecule has 3 rings (SSSR count). The molecule has 2 heterocycles. The number of hydrogen-bond acceptors (Lipinski definition) is 7. The van der Waals surface area contributed by atoms with Gasteiger partial charge in [0, 0.05) is 18.7 Å². The van der Waals surface area contributed by atoms with Crippen LogP contribution in [0.4, 0.5) is 15.2 Å². The van der Waals surface area contributed by atoms with Gasteiger partial charge in [0.15, 0.2) is 4.34 Å². The zero-order valence-electron chi connectivity index (χ0n) is 12.8. The lowest BCUT2D eigenvalue weighted by Crippen LogP contribution is -2.28. The summed E-state index contributed by atoms with van der Waals surface area (Å²) in [6.07, 6.45) is 0.0814. The van der Waals surface area contributed by atoms with Crippen molar-refractivity contribution in [2.45, 2.75) is 10.8 Å². The van der Waals surface area contributed by atoms with Crippen LogP contribution >= 0.6 is 23.1 Å². The Morgan fingerprint density at radius 1 is 1.44 bits per heavy atom. The molecule has 1 aliphatic heterocycles. The lowest BCUT2D eigenvalue weighted by atomic mass is 10.1. The fourth-order valence-corrected chi connectivity index (χ4v) is 3.79. The number of anilines is 2. The van der Waals surface area contributed by atoms with Crippen LogP contribution < -0.4 is 10.2 Å². The first-order valence-electron chi connectivity index (χ1n) is 7.27. The highest BCUT2D eigenvalue weighted by Gasteiger charge is 2.35. The van der Waals surface area contributed by atoms with E-state index in [9.17, 15) is 14.0 Å². The number of nitrogens with zero attached hydrogens (tertiary/aromatic N) is 4. The number of amides is 2. The van der Waals surface area contributed by atoms with Crippen molar-refractivity contribution in [1.82, 2.24) is 10.2 Å². The van der Waals surface area contributed by atoms with E-state index in [4.69, 9.17) is 5.26 Å². The van der Waals surface area contributed by atoms with E-state index in [1.54, 1.807) is 0 Å². The molecular formula is C15H12FN5O2S2. The highest BCUT2D eigenvalue weighted by atomic mass is 32.2. The van der Waals surface area contributed by atoms with Crippen molar-refractivity contribution in [3.63, 3.8) is 0 Å². The summed E-state index contributed by atoms with van der Waals surface area (Å²) in [6, 6.07) is 7.56. The van der Waals surface area contributed by atoms with E-state index in [1.165, 1.54) is 52.3 Å². The number of halogens is 1. The van der Waals surface area contributed by atoms with Gasteiger partial charge in [-0.05, 0) is 24.3 Å². The minimum atomic E-state index is -0.517. The van der Waals surface area contributed by atoms with Crippen LogP contribution in [0.15, 0.2) is 28.6 Å². The largest absolute Gasteiger partial charge is 0.312 e. The molecule has 0 radical (unpaired) electrons. The molecular weight excluding hydrogens is 365 g/mol. The van der Waals surface area contributed by atoms with Crippen molar-refractivity contribution in [3.05, 3.63) is 30.1 Å². The monoisotopic (exact) mass is 377 g/mol. The normalized spacial score (nSPS) is 16.7. The van der Waals surface area contributed by atoms with Gasteiger partial charge in [0.25, 0.3) is 0 Å². The van der Waals surface area contributed by atoms with Crippen LogP contribution in [0, 0.1) is 23.1 Å². The van der Waals surface area contributed by atoms with Crippen molar-refractivity contribution < 1.29 is 14.0 Å². The highest BCUT2D eigenvalue weighted by Crippen LogP contribution is 2.28. The topological polar surface area (TPSA) is 99.0 Å². The molecule has 1 aliphatic rings. The number of thioether (sulfide) groups is 1. The molecule has 1 aromatic carbocycles. The molecule has 7 nitrogen and oxygen atoms in total. The fourth-order valence-electron chi connectivity index (χ4n) is 2.37. The molecule has 2 aromatic rings. The van der Waals surface area contributed by atoms with Crippen molar-refractivity contribution >= 4 is 45.7 Å². The van der Waals surface area contributed by atoms with Crippen LogP contribution in [0.25, 0.3) is 0 Å². The van der Waals surface area contributed by atoms with E-state index >= 15 is 0 Å². The van der Waals surface area contributed by atoms with Crippen LogP contribution in [-0.2, 0) is 9.59 Å². The van der Waals surface area contributed by atoms with Gasteiger partial charge in [0.2, 0.25) is 16.9 Å². The smallest absolute Gasteiger partial charge is 0.231 e. The molecule has 1 N–H and O–H groups in total. The molecule has 128 valence electrons. The molecule has 1 fully saturated rings. The number of hydrogen-bond donors (Lipinski definition) is 1. The number of aromatic nitrogens is 2. The van der Waals surface area contributed by atoms with Gasteiger partial charge in [-0.3, -0.25) is 9.59 Å². The zero-order chi connectivity index (χ0) is 17.8. The molecule has 1 saturated heterocycles. The van der Waals surface area contributed by atoms with Gasteiger partial charge in [-0.1, -0.05) is 23.1 Å². The zero-order valence-corrected chi connectivity index (χ0v) is 14.4. The Bertz CT molecular complexity index is 833. The Labute approximate surface area is 150 Å².